The van der Waals surface area contributed by atoms with Gasteiger partial charge in [0.25, 0.3) is 5.60 Å². The average Bonchev–Trinajstić information content (AvgIpc) is 2.66. The fourth-order valence-corrected chi connectivity index (χ4v) is 3.01. The number of halogens is 6. The van der Waals surface area contributed by atoms with Crippen molar-refractivity contribution >= 4 is 11.5 Å². The summed E-state index contributed by atoms with van der Waals surface area (Å²) >= 11 is 0. The Kier molecular flexibility index (Phi) is 7.18. The van der Waals surface area contributed by atoms with Crippen LogP contribution in [0.5, 0.6) is 0 Å². The lowest BCUT2D eigenvalue weighted by molar-refractivity contribution is -0.376. The van der Waals surface area contributed by atoms with Crippen LogP contribution in [-0.4, -0.2) is 29.8 Å². The third kappa shape index (κ3) is 5.13. The highest BCUT2D eigenvalue weighted by Gasteiger charge is 2.71. The van der Waals surface area contributed by atoms with E-state index in [1.807, 2.05) is 6.92 Å². The summed E-state index contributed by atoms with van der Waals surface area (Å²) in [5.74, 6) is -0.111. The lowest BCUT2D eigenvalue weighted by Crippen LogP contribution is -2.53. The quantitative estimate of drug-likeness (QED) is 0.569. The zero-order valence-electron chi connectivity index (χ0n) is 16.1. The fourth-order valence-electron chi connectivity index (χ4n) is 3.01. The van der Waals surface area contributed by atoms with Gasteiger partial charge in [0.05, 0.1) is 6.54 Å². The number of nitrogens with zero attached hydrogens (tertiary/aromatic N) is 1. The van der Waals surface area contributed by atoms with Crippen LogP contribution >= 0.6 is 0 Å². The number of carbonyl (C=O) groups is 1. The Morgan fingerprint density at radius 1 is 0.900 bits per heavy atom. The Hall–Kier alpha value is -2.55. The van der Waals surface area contributed by atoms with Crippen LogP contribution in [0.3, 0.4) is 0 Å². The molecule has 0 radical (unpaired) electrons. The normalized spacial score (nSPS) is 12.7. The zero-order chi connectivity index (χ0) is 22.6. The highest BCUT2D eigenvalue weighted by Crippen LogP contribution is 2.50. The van der Waals surface area contributed by atoms with Gasteiger partial charge in [0.2, 0.25) is 0 Å². The summed E-state index contributed by atoms with van der Waals surface area (Å²) in [6.45, 7) is 2.01. The minimum absolute atomic E-state index is 0.0507. The van der Waals surface area contributed by atoms with E-state index in [-0.39, 0.29) is 24.6 Å². The molecule has 2 aromatic rings. The predicted molar refractivity (Wildman–Crippen MR) is 99.9 cm³/mol. The molecule has 30 heavy (non-hydrogen) atoms. The molecule has 0 unspecified atom stereocenters. The van der Waals surface area contributed by atoms with Gasteiger partial charge < -0.3 is 10.0 Å². The highest BCUT2D eigenvalue weighted by atomic mass is 19.4. The molecule has 0 atom stereocenters. The molecule has 1 N–H and O–H groups in total. The molecule has 9 heteroatoms. The van der Waals surface area contributed by atoms with E-state index in [0.717, 1.165) is 17.7 Å². The van der Waals surface area contributed by atoms with E-state index in [1.54, 1.807) is 35.2 Å². The molecule has 0 amide bonds. The molecular formula is C21H21F6NO2. The second-order valence-electron chi connectivity index (χ2n) is 6.88. The van der Waals surface area contributed by atoms with E-state index in [4.69, 9.17) is 0 Å². The topological polar surface area (TPSA) is 40.5 Å². The van der Waals surface area contributed by atoms with Gasteiger partial charge in [0.1, 0.15) is 0 Å². The molecule has 0 aliphatic carbocycles. The van der Waals surface area contributed by atoms with E-state index >= 15 is 0 Å². The van der Waals surface area contributed by atoms with Crippen molar-refractivity contribution in [1.29, 1.82) is 0 Å². The van der Waals surface area contributed by atoms with Gasteiger partial charge in [-0.1, -0.05) is 49.4 Å². The van der Waals surface area contributed by atoms with Crippen LogP contribution < -0.4 is 4.90 Å². The van der Waals surface area contributed by atoms with Crippen LogP contribution in [0, 0.1) is 0 Å². The van der Waals surface area contributed by atoms with Crippen molar-refractivity contribution in [2.24, 2.45) is 0 Å². The molecule has 2 rings (SSSR count). The maximum Gasteiger partial charge on any atom is 0.430 e. The van der Waals surface area contributed by atoms with Crippen LogP contribution in [0.15, 0.2) is 54.6 Å². The average molecular weight is 433 g/mol. The van der Waals surface area contributed by atoms with Crippen LogP contribution in [0.4, 0.5) is 32.0 Å². The van der Waals surface area contributed by atoms with E-state index in [1.165, 1.54) is 0 Å². The summed E-state index contributed by atoms with van der Waals surface area (Å²) in [5.41, 5.74) is -5.25. The fraction of sp³-hybridized carbons (Fsp3) is 0.381. The van der Waals surface area contributed by atoms with Gasteiger partial charge in [-0.2, -0.15) is 26.3 Å². The maximum absolute atomic E-state index is 13.1. The van der Waals surface area contributed by atoms with Crippen LogP contribution in [0.1, 0.15) is 30.9 Å². The molecule has 0 spiro atoms. The molecular weight excluding hydrogens is 412 g/mol. The van der Waals surface area contributed by atoms with Crippen molar-refractivity contribution in [3.8, 4) is 0 Å². The molecule has 0 heterocycles. The maximum atomic E-state index is 13.1. The molecule has 0 bridgehead atoms. The first-order valence-corrected chi connectivity index (χ1v) is 9.17. The van der Waals surface area contributed by atoms with Crippen molar-refractivity contribution in [2.45, 2.75) is 44.3 Å². The Labute approximate surface area is 169 Å². The first-order chi connectivity index (χ1) is 13.9. The molecule has 0 aliphatic rings. The molecule has 0 saturated carbocycles. The summed E-state index contributed by atoms with van der Waals surface area (Å²) in [6, 6.07) is 12.2. The first-order valence-electron chi connectivity index (χ1n) is 9.17. The number of benzene rings is 2. The highest BCUT2D eigenvalue weighted by molar-refractivity contribution is 5.83. The number of rotatable bonds is 8. The smallest absolute Gasteiger partial charge is 0.369 e. The minimum Gasteiger partial charge on any atom is -0.369 e. The lowest BCUT2D eigenvalue weighted by atomic mass is 9.92. The van der Waals surface area contributed by atoms with Crippen molar-refractivity contribution < 1.29 is 36.2 Å². The van der Waals surface area contributed by atoms with Crippen molar-refractivity contribution in [3.63, 3.8) is 0 Å². The van der Waals surface area contributed by atoms with Gasteiger partial charge in [-0.3, -0.25) is 4.79 Å². The van der Waals surface area contributed by atoms with Crippen molar-refractivity contribution in [3.05, 3.63) is 65.7 Å². The third-order valence-electron chi connectivity index (χ3n) is 4.58. The Balaban J connectivity index is 2.39. The molecule has 0 aliphatic heterocycles. The standard InChI is InChI=1S/C21H21F6NO2/c1-2-6-18(29)14-28(13-15-7-4-3-5-8-15)17-11-9-16(10-12-17)19(30,20(22,23)24)21(25,26)27/h3-5,7-12,30H,2,6,13-14H2,1H3. The van der Waals surface area contributed by atoms with Gasteiger partial charge >= 0.3 is 12.4 Å². The van der Waals surface area contributed by atoms with Gasteiger partial charge in [-0.05, 0) is 24.1 Å². The Bertz CT molecular complexity index is 817. The number of Topliss-reactive ketones (excluding diaryl/α,β-unsaturated/α-hetero) is 1. The molecule has 2 aromatic carbocycles. The van der Waals surface area contributed by atoms with Crippen LogP contribution in [-0.2, 0) is 16.9 Å². The monoisotopic (exact) mass is 433 g/mol. The number of alkyl halides is 6. The van der Waals surface area contributed by atoms with E-state index in [2.05, 4.69) is 0 Å². The minimum atomic E-state index is -5.95. The second-order valence-corrected chi connectivity index (χ2v) is 6.88. The van der Waals surface area contributed by atoms with Gasteiger partial charge in [0, 0.05) is 24.2 Å². The lowest BCUT2D eigenvalue weighted by Gasteiger charge is -2.33. The number of hydrogen-bond donors (Lipinski definition) is 1. The van der Waals surface area contributed by atoms with E-state index < -0.39 is 23.5 Å². The van der Waals surface area contributed by atoms with Gasteiger partial charge in [-0.25, -0.2) is 0 Å². The number of hydrogen-bond acceptors (Lipinski definition) is 3. The number of carbonyl (C=O) groups excluding carboxylic acids is 1. The number of ketones is 1. The van der Waals surface area contributed by atoms with Gasteiger partial charge in [0.15, 0.2) is 5.78 Å². The summed E-state index contributed by atoms with van der Waals surface area (Å²) in [6.07, 6.45) is -11.0. The zero-order valence-corrected chi connectivity index (χ0v) is 16.1. The van der Waals surface area contributed by atoms with Crippen LogP contribution in [0.2, 0.25) is 0 Å². The second kappa shape index (κ2) is 9.07. The van der Waals surface area contributed by atoms with Crippen molar-refractivity contribution in [2.75, 3.05) is 11.4 Å². The Morgan fingerprint density at radius 3 is 1.90 bits per heavy atom. The number of aliphatic hydroxyl groups is 1. The van der Waals surface area contributed by atoms with Gasteiger partial charge in [-0.15, -0.1) is 0 Å². The Morgan fingerprint density at radius 2 is 1.43 bits per heavy atom. The van der Waals surface area contributed by atoms with E-state index in [9.17, 15) is 36.2 Å². The predicted octanol–water partition coefficient (Wildman–Crippen LogP) is 5.37. The third-order valence-corrected chi connectivity index (χ3v) is 4.58. The summed E-state index contributed by atoms with van der Waals surface area (Å²) in [5, 5.41) is 9.52. The number of anilines is 1. The molecule has 0 saturated heterocycles. The van der Waals surface area contributed by atoms with Crippen LogP contribution in [0.25, 0.3) is 0 Å². The molecule has 164 valence electrons. The summed E-state index contributed by atoms with van der Waals surface area (Å²) < 4.78 is 78.4. The molecule has 0 aromatic heterocycles. The van der Waals surface area contributed by atoms with E-state index in [0.29, 0.717) is 25.0 Å². The SMILES string of the molecule is CCCC(=O)CN(Cc1ccccc1)c1ccc(C(O)(C(F)(F)F)C(F)(F)F)cc1. The molecule has 0 fully saturated rings. The summed E-state index contributed by atoms with van der Waals surface area (Å²) in [7, 11) is 0. The van der Waals surface area contributed by atoms with Crippen molar-refractivity contribution in [1.82, 2.24) is 0 Å². The largest absolute Gasteiger partial charge is 0.430 e. The molecule has 3 nitrogen and oxygen atoms in total. The summed E-state index contributed by atoms with van der Waals surface area (Å²) in [4.78, 5) is 13.7. The first kappa shape index (κ1) is 23.7.